The van der Waals surface area contributed by atoms with Crippen molar-refractivity contribution in [3.8, 4) is 36.2 Å². The summed E-state index contributed by atoms with van der Waals surface area (Å²) in [5.41, 5.74) is 6.11. The molecule has 6 atom stereocenters. The highest BCUT2D eigenvalue weighted by Gasteiger charge is 2.55. The molecule has 2 aliphatic heterocycles. The Hall–Kier alpha value is -3.58. The van der Waals surface area contributed by atoms with Crippen LogP contribution in [0.25, 0.3) is 0 Å². The Kier molecular flexibility index (Phi) is 11.2. The van der Waals surface area contributed by atoms with E-state index in [-0.39, 0.29) is 22.8 Å². The normalized spacial score (nSPS) is 29.7. The highest BCUT2D eigenvalue weighted by molar-refractivity contribution is 5.73. The highest BCUT2D eigenvalue weighted by atomic mass is 16.5. The van der Waals surface area contributed by atoms with Gasteiger partial charge in [0.2, 0.25) is 0 Å². The monoisotopic (exact) mass is 728 g/mol. The van der Waals surface area contributed by atoms with E-state index in [1.807, 2.05) is 12.1 Å². The molecule has 0 N–H and O–H groups in total. The SMILES string of the molecule is C#CCN1CC[C@@]23CCCC[C@H]2[C@@H]1Cc1ccc(OC(=O)CCCCCCCCC(=O)Oc2ccc4c(c2)[C@]25CCCC[C@H]2[C@H](C4)N(CC#C)CC5)cc13. The molecular weight excluding hydrogens is 669 g/mol. The number of piperidine rings is 2. The molecule has 0 spiro atoms. The summed E-state index contributed by atoms with van der Waals surface area (Å²) in [7, 11) is 0. The number of likely N-dealkylation sites (tertiary alicyclic amines) is 2. The predicted octanol–water partition coefficient (Wildman–Crippen LogP) is 8.70. The summed E-state index contributed by atoms with van der Waals surface area (Å²) in [6.07, 6.45) is 32.6. The molecule has 286 valence electrons. The fraction of sp³-hybridized carbons (Fsp3) is 0.625. The number of hydrogen-bond acceptors (Lipinski definition) is 6. The van der Waals surface area contributed by atoms with E-state index in [0.717, 1.165) is 90.4 Å². The van der Waals surface area contributed by atoms with Gasteiger partial charge in [-0.05, 0) is 123 Å². The van der Waals surface area contributed by atoms with Crippen molar-refractivity contribution in [3.05, 3.63) is 58.7 Å². The molecule has 6 nitrogen and oxygen atoms in total. The number of ether oxygens (including phenoxy) is 2. The van der Waals surface area contributed by atoms with Gasteiger partial charge in [-0.25, -0.2) is 0 Å². The first-order chi connectivity index (χ1) is 26.4. The molecule has 4 bridgehead atoms. The predicted molar refractivity (Wildman–Crippen MR) is 213 cm³/mol. The third-order valence-corrected chi connectivity index (χ3v) is 14.9. The Morgan fingerprint density at radius 1 is 0.630 bits per heavy atom. The van der Waals surface area contributed by atoms with Gasteiger partial charge in [0, 0.05) is 48.8 Å². The summed E-state index contributed by atoms with van der Waals surface area (Å²) in [4.78, 5) is 30.8. The lowest BCUT2D eigenvalue weighted by Crippen LogP contribution is -2.60. The van der Waals surface area contributed by atoms with Crippen molar-refractivity contribution in [2.24, 2.45) is 11.8 Å². The minimum atomic E-state index is -0.136. The summed E-state index contributed by atoms with van der Waals surface area (Å²) in [5.74, 6) is 8.23. The van der Waals surface area contributed by atoms with Gasteiger partial charge in [0.05, 0.1) is 13.1 Å². The van der Waals surface area contributed by atoms with E-state index < -0.39 is 0 Å². The number of hydrogen-bond donors (Lipinski definition) is 0. The average molecular weight is 729 g/mol. The lowest BCUT2D eigenvalue weighted by Gasteiger charge is -2.59. The van der Waals surface area contributed by atoms with Crippen molar-refractivity contribution in [1.29, 1.82) is 0 Å². The van der Waals surface area contributed by atoms with E-state index in [2.05, 4.69) is 45.9 Å². The van der Waals surface area contributed by atoms with Crippen molar-refractivity contribution >= 4 is 11.9 Å². The van der Waals surface area contributed by atoms with Crippen molar-refractivity contribution in [2.45, 2.75) is 151 Å². The summed E-state index contributed by atoms with van der Waals surface area (Å²) < 4.78 is 11.9. The Morgan fingerprint density at radius 2 is 1.07 bits per heavy atom. The van der Waals surface area contributed by atoms with Crippen LogP contribution >= 0.6 is 0 Å². The van der Waals surface area contributed by atoms with E-state index in [0.29, 0.717) is 48.3 Å². The molecule has 4 aliphatic carbocycles. The Bertz CT molecular complexity index is 1660. The second-order valence-electron chi connectivity index (χ2n) is 17.6. The number of esters is 2. The number of unbranched alkanes of at least 4 members (excludes halogenated alkanes) is 5. The second kappa shape index (κ2) is 16.3. The second-order valence-corrected chi connectivity index (χ2v) is 17.6. The fourth-order valence-corrected chi connectivity index (χ4v) is 12.5. The molecule has 0 amide bonds. The molecule has 2 aromatic carbocycles. The third kappa shape index (κ3) is 7.15. The van der Waals surface area contributed by atoms with Crippen LogP contribution in [0.1, 0.15) is 138 Å². The fourth-order valence-electron chi connectivity index (χ4n) is 12.5. The molecule has 0 aromatic heterocycles. The smallest absolute Gasteiger partial charge is 0.311 e. The van der Waals surface area contributed by atoms with Gasteiger partial charge in [-0.2, -0.15) is 0 Å². The summed E-state index contributed by atoms with van der Waals surface area (Å²) in [6.45, 7) is 3.60. The minimum absolute atomic E-state index is 0.136. The van der Waals surface area contributed by atoms with Gasteiger partial charge in [0.25, 0.3) is 0 Å². The quantitative estimate of drug-likeness (QED) is 0.0891. The van der Waals surface area contributed by atoms with E-state index in [9.17, 15) is 9.59 Å². The van der Waals surface area contributed by atoms with Crippen LogP contribution in [-0.4, -0.2) is 60.0 Å². The molecule has 6 heteroatoms. The van der Waals surface area contributed by atoms with E-state index in [1.54, 1.807) is 0 Å². The van der Waals surface area contributed by atoms with Crippen LogP contribution in [0.2, 0.25) is 0 Å². The lowest BCUT2D eigenvalue weighted by atomic mass is 9.52. The van der Waals surface area contributed by atoms with Crippen molar-refractivity contribution in [1.82, 2.24) is 9.80 Å². The maximum absolute atomic E-state index is 12.9. The van der Waals surface area contributed by atoms with Gasteiger partial charge in [-0.1, -0.05) is 75.3 Å². The molecule has 2 saturated carbocycles. The van der Waals surface area contributed by atoms with Crippen LogP contribution in [0.15, 0.2) is 36.4 Å². The zero-order valence-electron chi connectivity index (χ0n) is 32.4. The van der Waals surface area contributed by atoms with Crippen LogP contribution in [0.5, 0.6) is 11.5 Å². The summed E-state index contributed by atoms with van der Waals surface area (Å²) in [6, 6.07) is 13.9. The van der Waals surface area contributed by atoms with Gasteiger partial charge in [0.15, 0.2) is 0 Å². The first-order valence-corrected chi connectivity index (χ1v) is 21.5. The van der Waals surface area contributed by atoms with Crippen LogP contribution in [0.3, 0.4) is 0 Å². The molecule has 4 fully saturated rings. The number of carbonyl (C=O) groups excluding carboxylic acids is 2. The molecule has 6 aliphatic rings. The third-order valence-electron chi connectivity index (χ3n) is 14.9. The first kappa shape index (κ1) is 37.3. The van der Waals surface area contributed by atoms with Gasteiger partial charge in [-0.3, -0.25) is 19.4 Å². The van der Waals surface area contributed by atoms with Crippen molar-refractivity contribution < 1.29 is 19.1 Å². The molecular formula is C48H60N2O4. The lowest BCUT2D eigenvalue weighted by molar-refractivity contribution is -0.135. The summed E-state index contributed by atoms with van der Waals surface area (Å²) in [5, 5.41) is 0. The number of benzene rings is 2. The Morgan fingerprint density at radius 3 is 1.52 bits per heavy atom. The minimum Gasteiger partial charge on any atom is -0.427 e. The maximum atomic E-state index is 12.9. The van der Waals surface area contributed by atoms with Crippen LogP contribution in [-0.2, 0) is 33.3 Å². The highest BCUT2D eigenvalue weighted by Crippen LogP contribution is 2.57. The molecule has 2 aromatic rings. The maximum Gasteiger partial charge on any atom is 0.311 e. The van der Waals surface area contributed by atoms with Crippen molar-refractivity contribution in [2.75, 3.05) is 26.2 Å². The van der Waals surface area contributed by atoms with Crippen LogP contribution < -0.4 is 9.47 Å². The molecule has 2 heterocycles. The van der Waals surface area contributed by atoms with Crippen molar-refractivity contribution in [3.63, 3.8) is 0 Å². The largest absolute Gasteiger partial charge is 0.427 e. The number of nitrogens with zero attached hydrogens (tertiary/aromatic N) is 2. The molecule has 0 radical (unpaired) electrons. The first-order valence-electron chi connectivity index (χ1n) is 21.5. The molecule has 8 rings (SSSR count). The number of terminal acetylenes is 2. The van der Waals surface area contributed by atoms with E-state index >= 15 is 0 Å². The van der Waals surface area contributed by atoms with Crippen LogP contribution in [0, 0.1) is 36.5 Å². The van der Waals surface area contributed by atoms with Gasteiger partial charge < -0.3 is 9.47 Å². The molecule has 2 saturated heterocycles. The standard InChI is InChI=1S/C48H60N2O4/c1-3-27-49-29-25-47-23-13-11-15-39(47)43(49)31-35-19-21-37(33-41(35)47)53-45(51)17-9-7-5-6-8-10-18-46(52)54-38-22-20-36-32-44-40-16-12-14-24-48(40,42(36)34-38)26-30-50(44)28-4-2/h1-2,19-22,33-34,39-40,43-44H,5-18,23-32H2/t39-,40-,43-,44-,47-,48-/m0/s1. The molecule has 0 unspecified atom stereocenters. The topological polar surface area (TPSA) is 59.1 Å². The number of rotatable bonds is 13. The summed E-state index contributed by atoms with van der Waals surface area (Å²) >= 11 is 0. The molecule has 54 heavy (non-hydrogen) atoms. The van der Waals surface area contributed by atoms with Gasteiger partial charge >= 0.3 is 11.9 Å². The van der Waals surface area contributed by atoms with Crippen LogP contribution in [0.4, 0.5) is 0 Å². The van der Waals surface area contributed by atoms with E-state index in [1.165, 1.54) is 73.6 Å². The zero-order chi connectivity index (χ0) is 37.1. The van der Waals surface area contributed by atoms with E-state index in [4.69, 9.17) is 22.3 Å². The zero-order valence-corrected chi connectivity index (χ0v) is 32.4. The number of fused-ring (bicyclic) bond motifs is 2. The Labute approximate surface area is 324 Å². The number of carbonyl (C=O) groups is 2. The van der Waals surface area contributed by atoms with Gasteiger partial charge in [-0.15, -0.1) is 12.8 Å². The Balaban J connectivity index is 0.754. The van der Waals surface area contributed by atoms with Gasteiger partial charge in [0.1, 0.15) is 11.5 Å². The average Bonchev–Trinajstić information content (AvgIpc) is 3.18.